The van der Waals surface area contributed by atoms with Gasteiger partial charge in [0.1, 0.15) is 0 Å². The molecule has 0 aromatic carbocycles. The normalized spacial score (nSPS) is 45.6. The molecule has 2 aliphatic rings. The van der Waals surface area contributed by atoms with Crippen molar-refractivity contribution in [3.05, 3.63) is 0 Å². The molecule has 1 heteroatoms. The average Bonchev–Trinajstić information content (AvgIpc) is 2.29. The molecule has 94 valence electrons. The van der Waals surface area contributed by atoms with Gasteiger partial charge in [-0.05, 0) is 43.4 Å². The second-order valence-corrected chi connectivity index (χ2v) is 6.44. The van der Waals surface area contributed by atoms with Gasteiger partial charge in [0.15, 0.2) is 0 Å². The second kappa shape index (κ2) is 5.08. The summed E-state index contributed by atoms with van der Waals surface area (Å²) < 4.78 is 0. The lowest BCUT2D eigenvalue weighted by atomic mass is 9.65. The monoisotopic (exact) mass is 224 g/mol. The fourth-order valence-electron chi connectivity index (χ4n) is 4.08. The lowest BCUT2D eigenvalue weighted by molar-refractivity contribution is -0.0802. The molecule has 0 bridgehead atoms. The summed E-state index contributed by atoms with van der Waals surface area (Å²) in [5, 5.41) is 10.9. The average molecular weight is 224 g/mol. The fraction of sp³-hybridized carbons (Fsp3) is 1.00. The number of aliphatic hydroxyl groups is 1. The SMILES string of the molecule is CCC1CCCC(C2(O)CCCC(C)C2)C1. The van der Waals surface area contributed by atoms with E-state index in [1.54, 1.807) is 0 Å². The molecule has 1 N–H and O–H groups in total. The van der Waals surface area contributed by atoms with Gasteiger partial charge in [-0.3, -0.25) is 0 Å². The summed E-state index contributed by atoms with van der Waals surface area (Å²) in [6, 6.07) is 0. The summed E-state index contributed by atoms with van der Waals surface area (Å²) in [5.41, 5.74) is -0.300. The second-order valence-electron chi connectivity index (χ2n) is 6.44. The molecule has 2 aliphatic carbocycles. The van der Waals surface area contributed by atoms with Crippen LogP contribution in [0.2, 0.25) is 0 Å². The third-order valence-corrected chi connectivity index (χ3v) is 5.13. The van der Waals surface area contributed by atoms with E-state index in [2.05, 4.69) is 13.8 Å². The van der Waals surface area contributed by atoms with Gasteiger partial charge in [-0.2, -0.15) is 0 Å². The molecule has 2 fully saturated rings. The first kappa shape index (κ1) is 12.4. The lowest BCUT2D eigenvalue weighted by Gasteiger charge is -2.45. The van der Waals surface area contributed by atoms with Gasteiger partial charge >= 0.3 is 0 Å². The van der Waals surface area contributed by atoms with E-state index in [4.69, 9.17) is 0 Å². The van der Waals surface area contributed by atoms with Crippen LogP contribution >= 0.6 is 0 Å². The molecule has 0 heterocycles. The highest BCUT2D eigenvalue weighted by molar-refractivity contribution is 4.93. The first-order valence-corrected chi connectivity index (χ1v) is 7.36. The quantitative estimate of drug-likeness (QED) is 0.747. The maximum atomic E-state index is 10.9. The van der Waals surface area contributed by atoms with E-state index < -0.39 is 0 Å². The van der Waals surface area contributed by atoms with E-state index in [-0.39, 0.29) is 5.60 Å². The molecule has 0 radical (unpaired) electrons. The Kier molecular flexibility index (Phi) is 3.94. The molecule has 0 saturated heterocycles. The van der Waals surface area contributed by atoms with Crippen LogP contribution in [0.3, 0.4) is 0 Å². The smallest absolute Gasteiger partial charge is 0.0678 e. The Morgan fingerprint density at radius 1 is 1.19 bits per heavy atom. The van der Waals surface area contributed by atoms with Crippen LogP contribution in [0.25, 0.3) is 0 Å². The summed E-state index contributed by atoms with van der Waals surface area (Å²) in [7, 11) is 0. The molecule has 16 heavy (non-hydrogen) atoms. The molecule has 4 unspecified atom stereocenters. The molecule has 4 atom stereocenters. The van der Waals surface area contributed by atoms with Crippen LogP contribution < -0.4 is 0 Å². The first-order valence-electron chi connectivity index (χ1n) is 7.36. The maximum absolute atomic E-state index is 10.9. The molecule has 2 saturated carbocycles. The number of hydrogen-bond acceptors (Lipinski definition) is 1. The van der Waals surface area contributed by atoms with Gasteiger partial charge in [0.25, 0.3) is 0 Å². The van der Waals surface area contributed by atoms with Gasteiger partial charge in [-0.25, -0.2) is 0 Å². The molecule has 1 nitrogen and oxygen atoms in total. The maximum Gasteiger partial charge on any atom is 0.0678 e. The number of rotatable bonds is 2. The van der Waals surface area contributed by atoms with Crippen molar-refractivity contribution in [1.29, 1.82) is 0 Å². The third kappa shape index (κ3) is 2.61. The topological polar surface area (TPSA) is 20.2 Å². The highest BCUT2D eigenvalue weighted by atomic mass is 16.3. The van der Waals surface area contributed by atoms with Crippen LogP contribution in [0.5, 0.6) is 0 Å². The van der Waals surface area contributed by atoms with E-state index in [1.165, 1.54) is 44.9 Å². The summed E-state index contributed by atoms with van der Waals surface area (Å²) in [6.45, 7) is 4.62. The van der Waals surface area contributed by atoms with Crippen LogP contribution in [0.1, 0.15) is 71.6 Å². The van der Waals surface area contributed by atoms with Crippen molar-refractivity contribution >= 4 is 0 Å². The minimum atomic E-state index is -0.300. The van der Waals surface area contributed by atoms with Crippen molar-refractivity contribution in [3.8, 4) is 0 Å². The van der Waals surface area contributed by atoms with Gasteiger partial charge in [0.2, 0.25) is 0 Å². The predicted molar refractivity (Wildman–Crippen MR) is 68.3 cm³/mol. The fourth-order valence-corrected chi connectivity index (χ4v) is 4.08. The molecule has 0 amide bonds. The van der Waals surface area contributed by atoms with Crippen LogP contribution in [0.15, 0.2) is 0 Å². The summed E-state index contributed by atoms with van der Waals surface area (Å²) in [6.07, 6.45) is 11.3. The van der Waals surface area contributed by atoms with Crippen molar-refractivity contribution in [2.45, 2.75) is 77.2 Å². The Morgan fingerprint density at radius 2 is 2.00 bits per heavy atom. The van der Waals surface area contributed by atoms with E-state index in [1.807, 2.05) is 0 Å². The Bertz CT molecular complexity index is 225. The molecule has 0 aromatic rings. The summed E-state index contributed by atoms with van der Waals surface area (Å²) in [4.78, 5) is 0. The van der Waals surface area contributed by atoms with Crippen molar-refractivity contribution < 1.29 is 5.11 Å². The van der Waals surface area contributed by atoms with Gasteiger partial charge in [0.05, 0.1) is 5.60 Å². The minimum absolute atomic E-state index is 0.300. The van der Waals surface area contributed by atoms with Gasteiger partial charge in [0, 0.05) is 0 Å². The molecule has 0 spiro atoms. The van der Waals surface area contributed by atoms with E-state index in [0.717, 1.165) is 24.7 Å². The summed E-state index contributed by atoms with van der Waals surface area (Å²) >= 11 is 0. The third-order valence-electron chi connectivity index (χ3n) is 5.13. The lowest BCUT2D eigenvalue weighted by Crippen LogP contribution is -2.44. The highest BCUT2D eigenvalue weighted by Gasteiger charge is 2.41. The van der Waals surface area contributed by atoms with Crippen LogP contribution in [0.4, 0.5) is 0 Å². The van der Waals surface area contributed by atoms with E-state index in [0.29, 0.717) is 5.92 Å². The van der Waals surface area contributed by atoms with Gasteiger partial charge in [-0.1, -0.05) is 46.0 Å². The zero-order valence-corrected chi connectivity index (χ0v) is 11.0. The van der Waals surface area contributed by atoms with Crippen LogP contribution in [-0.2, 0) is 0 Å². The van der Waals surface area contributed by atoms with Crippen molar-refractivity contribution in [2.75, 3.05) is 0 Å². The first-order chi connectivity index (χ1) is 7.64. The van der Waals surface area contributed by atoms with Crippen molar-refractivity contribution in [3.63, 3.8) is 0 Å². The van der Waals surface area contributed by atoms with E-state index >= 15 is 0 Å². The zero-order valence-electron chi connectivity index (χ0n) is 11.0. The van der Waals surface area contributed by atoms with Crippen LogP contribution in [-0.4, -0.2) is 10.7 Å². The Hall–Kier alpha value is -0.0400. The standard InChI is InChI=1S/C15H28O/c1-3-13-7-4-8-14(10-13)15(16)9-5-6-12(2)11-15/h12-14,16H,3-11H2,1-2H3. The Labute approximate surface area is 101 Å². The molecule has 2 rings (SSSR count). The van der Waals surface area contributed by atoms with E-state index in [9.17, 15) is 5.11 Å². The van der Waals surface area contributed by atoms with Crippen molar-refractivity contribution in [1.82, 2.24) is 0 Å². The van der Waals surface area contributed by atoms with Crippen LogP contribution in [0, 0.1) is 17.8 Å². The molecule has 0 aliphatic heterocycles. The zero-order chi connectivity index (χ0) is 11.6. The highest BCUT2D eigenvalue weighted by Crippen LogP contribution is 2.45. The molecular formula is C15H28O. The van der Waals surface area contributed by atoms with Gasteiger partial charge < -0.3 is 5.11 Å². The predicted octanol–water partition coefficient (Wildman–Crippen LogP) is 4.14. The van der Waals surface area contributed by atoms with Gasteiger partial charge in [-0.15, -0.1) is 0 Å². The molecular weight excluding hydrogens is 196 g/mol. The minimum Gasteiger partial charge on any atom is -0.390 e. The summed E-state index contributed by atoms with van der Waals surface area (Å²) in [5.74, 6) is 2.23. The largest absolute Gasteiger partial charge is 0.390 e. The van der Waals surface area contributed by atoms with Crippen molar-refractivity contribution in [2.24, 2.45) is 17.8 Å². The number of hydrogen-bond donors (Lipinski definition) is 1. The molecule has 0 aromatic heterocycles. The Morgan fingerprint density at radius 3 is 2.69 bits per heavy atom. The Balaban J connectivity index is 1.98.